The molecule has 106 valence electrons. The first-order valence-corrected chi connectivity index (χ1v) is 7.80. The normalized spacial score (nSPS) is 14.7. The van der Waals surface area contributed by atoms with Gasteiger partial charge in [0.25, 0.3) is 0 Å². The number of benzene rings is 1. The summed E-state index contributed by atoms with van der Waals surface area (Å²) in [6.07, 6.45) is 2.65. The van der Waals surface area contributed by atoms with Crippen LogP contribution in [0.1, 0.15) is 25.3 Å². The Labute approximate surface area is 124 Å². The summed E-state index contributed by atoms with van der Waals surface area (Å²) in [7, 11) is 2.13. The maximum absolute atomic E-state index is 5.43. The van der Waals surface area contributed by atoms with Gasteiger partial charge in [0.15, 0.2) is 0 Å². The molecule has 2 rings (SSSR count). The van der Waals surface area contributed by atoms with Crippen LogP contribution in [0.15, 0.2) is 22.7 Å². The Morgan fingerprint density at radius 1 is 1.42 bits per heavy atom. The lowest BCUT2D eigenvalue weighted by atomic mass is 10.1. The molecule has 0 atom stereocenters. The number of hydrogen-bond donors (Lipinski definition) is 1. The van der Waals surface area contributed by atoms with E-state index in [1.54, 1.807) is 0 Å². The molecule has 4 heteroatoms. The van der Waals surface area contributed by atoms with Gasteiger partial charge in [-0.1, -0.05) is 15.9 Å². The molecule has 0 unspecified atom stereocenters. The number of nitrogens with one attached hydrogen (secondary N) is 1. The van der Waals surface area contributed by atoms with E-state index in [2.05, 4.69) is 51.4 Å². The molecule has 19 heavy (non-hydrogen) atoms. The highest BCUT2D eigenvalue weighted by molar-refractivity contribution is 9.10. The van der Waals surface area contributed by atoms with E-state index >= 15 is 0 Å². The molecule has 1 fully saturated rings. The molecule has 3 nitrogen and oxygen atoms in total. The molecule has 1 N–H and O–H groups in total. The van der Waals surface area contributed by atoms with Crippen LogP contribution >= 0.6 is 15.9 Å². The third-order valence-corrected chi connectivity index (χ3v) is 3.88. The quantitative estimate of drug-likeness (QED) is 0.742. The van der Waals surface area contributed by atoms with Crippen molar-refractivity contribution in [3.63, 3.8) is 0 Å². The van der Waals surface area contributed by atoms with E-state index in [4.69, 9.17) is 4.74 Å². The molecule has 0 aromatic heterocycles. The van der Waals surface area contributed by atoms with Crippen LogP contribution < -0.4 is 10.2 Å². The van der Waals surface area contributed by atoms with Crippen LogP contribution in [-0.4, -0.2) is 32.8 Å². The summed E-state index contributed by atoms with van der Waals surface area (Å²) in [5.74, 6) is 0. The first-order valence-electron chi connectivity index (χ1n) is 7.01. The summed E-state index contributed by atoms with van der Waals surface area (Å²) < 4.78 is 6.57. The molecule has 1 aromatic carbocycles. The van der Waals surface area contributed by atoms with Gasteiger partial charge in [-0.05, 0) is 43.5 Å². The number of rotatable bonds is 8. The lowest BCUT2D eigenvalue weighted by Crippen LogP contribution is -2.25. The number of ether oxygens (including phenoxy) is 1. The Balaban J connectivity index is 1.99. The summed E-state index contributed by atoms with van der Waals surface area (Å²) in [6, 6.07) is 7.23. The Bertz CT molecular complexity index is 407. The topological polar surface area (TPSA) is 24.5 Å². The molecule has 0 saturated heterocycles. The van der Waals surface area contributed by atoms with Crippen LogP contribution in [0, 0.1) is 0 Å². The Hall–Kier alpha value is -0.580. The lowest BCUT2D eigenvalue weighted by molar-refractivity contribution is 0.154. The molecule has 0 aliphatic heterocycles. The highest BCUT2D eigenvalue weighted by Crippen LogP contribution is 2.26. The van der Waals surface area contributed by atoms with Crippen LogP contribution in [0.3, 0.4) is 0 Å². The fraction of sp³-hybridized carbons (Fsp3) is 0.600. The molecular formula is C15H23BrN2O. The Morgan fingerprint density at radius 3 is 2.89 bits per heavy atom. The number of hydrogen-bond acceptors (Lipinski definition) is 3. The molecule has 1 aliphatic carbocycles. The van der Waals surface area contributed by atoms with Gasteiger partial charge in [-0.25, -0.2) is 0 Å². The van der Waals surface area contributed by atoms with Crippen molar-refractivity contribution >= 4 is 21.6 Å². The van der Waals surface area contributed by atoms with Crippen LogP contribution in [-0.2, 0) is 11.3 Å². The van der Waals surface area contributed by atoms with Crippen LogP contribution in [0.5, 0.6) is 0 Å². The molecule has 0 radical (unpaired) electrons. The summed E-state index contributed by atoms with van der Waals surface area (Å²) in [6.45, 7) is 5.46. The fourth-order valence-corrected chi connectivity index (χ4v) is 2.48. The SMILES string of the molecule is CCOCCN(C)c1ccc(Br)cc1CNC1CC1. The van der Waals surface area contributed by atoms with Crippen molar-refractivity contribution in [1.29, 1.82) is 0 Å². The van der Waals surface area contributed by atoms with Crippen molar-refractivity contribution in [2.24, 2.45) is 0 Å². The molecule has 0 heterocycles. The second-order valence-electron chi connectivity index (χ2n) is 5.05. The first-order chi connectivity index (χ1) is 9.20. The number of anilines is 1. The van der Waals surface area contributed by atoms with Crippen LogP contribution in [0.2, 0.25) is 0 Å². The second-order valence-corrected chi connectivity index (χ2v) is 5.96. The highest BCUT2D eigenvalue weighted by Gasteiger charge is 2.20. The molecule has 0 bridgehead atoms. The van der Waals surface area contributed by atoms with Crippen molar-refractivity contribution in [3.05, 3.63) is 28.2 Å². The summed E-state index contributed by atoms with van der Waals surface area (Å²) in [5, 5.41) is 3.58. The fourth-order valence-electron chi connectivity index (χ4n) is 2.08. The van der Waals surface area contributed by atoms with Crippen molar-refractivity contribution in [2.75, 3.05) is 31.7 Å². The first kappa shape index (κ1) is 14.8. The highest BCUT2D eigenvalue weighted by atomic mass is 79.9. The Morgan fingerprint density at radius 2 is 2.21 bits per heavy atom. The van der Waals surface area contributed by atoms with E-state index in [0.29, 0.717) is 0 Å². The van der Waals surface area contributed by atoms with Crippen molar-refractivity contribution in [3.8, 4) is 0 Å². The number of nitrogens with zero attached hydrogens (tertiary/aromatic N) is 1. The minimum atomic E-state index is 0.737. The molecule has 1 aromatic rings. The van der Waals surface area contributed by atoms with Gasteiger partial charge in [-0.15, -0.1) is 0 Å². The third-order valence-electron chi connectivity index (χ3n) is 3.39. The molecule has 1 saturated carbocycles. The second kappa shape index (κ2) is 7.27. The number of halogens is 1. The van der Waals surface area contributed by atoms with E-state index in [1.807, 2.05) is 6.92 Å². The predicted octanol–water partition coefficient (Wildman–Crippen LogP) is 3.17. The molecular weight excluding hydrogens is 304 g/mol. The monoisotopic (exact) mass is 326 g/mol. The van der Waals surface area contributed by atoms with Gasteiger partial charge in [0.2, 0.25) is 0 Å². The standard InChI is InChI=1S/C15H23BrN2O/c1-3-19-9-8-18(2)15-7-4-13(16)10-12(15)11-17-14-5-6-14/h4,7,10,14,17H,3,5-6,8-9,11H2,1-2H3. The van der Waals surface area contributed by atoms with E-state index in [1.165, 1.54) is 24.1 Å². The zero-order chi connectivity index (χ0) is 13.7. The van der Waals surface area contributed by atoms with E-state index in [0.717, 1.165) is 36.8 Å². The van der Waals surface area contributed by atoms with Gasteiger partial charge < -0.3 is 15.0 Å². The zero-order valence-electron chi connectivity index (χ0n) is 11.8. The van der Waals surface area contributed by atoms with Gasteiger partial charge in [0, 0.05) is 42.9 Å². The largest absolute Gasteiger partial charge is 0.380 e. The average Bonchev–Trinajstić information content (AvgIpc) is 3.20. The van der Waals surface area contributed by atoms with Crippen LogP contribution in [0.4, 0.5) is 5.69 Å². The van der Waals surface area contributed by atoms with E-state index in [9.17, 15) is 0 Å². The molecule has 0 spiro atoms. The van der Waals surface area contributed by atoms with Gasteiger partial charge in [-0.3, -0.25) is 0 Å². The lowest BCUT2D eigenvalue weighted by Gasteiger charge is -2.23. The average molecular weight is 327 g/mol. The van der Waals surface area contributed by atoms with E-state index in [-0.39, 0.29) is 0 Å². The zero-order valence-corrected chi connectivity index (χ0v) is 13.4. The third kappa shape index (κ3) is 4.79. The van der Waals surface area contributed by atoms with Crippen LogP contribution in [0.25, 0.3) is 0 Å². The minimum absolute atomic E-state index is 0.737. The van der Waals surface area contributed by atoms with Gasteiger partial charge in [0.05, 0.1) is 6.61 Å². The van der Waals surface area contributed by atoms with Crippen molar-refractivity contribution in [2.45, 2.75) is 32.4 Å². The predicted molar refractivity (Wildman–Crippen MR) is 83.8 cm³/mol. The van der Waals surface area contributed by atoms with Gasteiger partial charge in [-0.2, -0.15) is 0 Å². The van der Waals surface area contributed by atoms with Crippen molar-refractivity contribution in [1.82, 2.24) is 5.32 Å². The Kier molecular flexibility index (Phi) is 5.67. The van der Waals surface area contributed by atoms with Gasteiger partial charge >= 0.3 is 0 Å². The van der Waals surface area contributed by atoms with Gasteiger partial charge in [0.1, 0.15) is 0 Å². The van der Waals surface area contributed by atoms with Crippen molar-refractivity contribution < 1.29 is 4.74 Å². The maximum Gasteiger partial charge on any atom is 0.0641 e. The molecule has 1 aliphatic rings. The number of likely N-dealkylation sites (N-methyl/N-ethyl adjacent to an activating group) is 1. The smallest absolute Gasteiger partial charge is 0.0641 e. The van der Waals surface area contributed by atoms with E-state index < -0.39 is 0 Å². The summed E-state index contributed by atoms with van der Waals surface area (Å²) in [5.41, 5.74) is 2.64. The minimum Gasteiger partial charge on any atom is -0.380 e. The summed E-state index contributed by atoms with van der Waals surface area (Å²) >= 11 is 3.56. The maximum atomic E-state index is 5.43. The molecule has 0 amide bonds. The summed E-state index contributed by atoms with van der Waals surface area (Å²) in [4.78, 5) is 2.27.